The summed E-state index contributed by atoms with van der Waals surface area (Å²) < 4.78 is 1.71. The van der Waals surface area contributed by atoms with Crippen molar-refractivity contribution in [2.45, 2.75) is 19.9 Å². The van der Waals surface area contributed by atoms with Crippen LogP contribution in [0, 0.1) is 11.3 Å². The molecule has 8 heteroatoms. The average Bonchev–Trinajstić information content (AvgIpc) is 3.46. The number of hydrogen-bond acceptors (Lipinski definition) is 6. The van der Waals surface area contributed by atoms with Crippen LogP contribution in [0.25, 0.3) is 33.5 Å². The number of aromatic nitrogens is 5. The van der Waals surface area contributed by atoms with Gasteiger partial charge in [0.25, 0.3) is 0 Å². The molecule has 3 heterocycles. The molecule has 33 heavy (non-hydrogen) atoms. The Labute approximate surface area is 189 Å². The van der Waals surface area contributed by atoms with Crippen molar-refractivity contribution >= 4 is 11.0 Å². The Kier molecular flexibility index (Phi) is 4.99. The second-order valence-corrected chi connectivity index (χ2v) is 7.70. The number of aryl methyl sites for hydroxylation is 1. The Balaban J connectivity index is 1.73. The van der Waals surface area contributed by atoms with E-state index in [4.69, 9.17) is 0 Å². The maximum absolute atomic E-state index is 10.7. The summed E-state index contributed by atoms with van der Waals surface area (Å²) in [5, 5.41) is 40.0. The van der Waals surface area contributed by atoms with Crippen molar-refractivity contribution in [1.82, 2.24) is 25.0 Å². The molecule has 5 rings (SSSR count). The van der Waals surface area contributed by atoms with Gasteiger partial charge in [-0.1, -0.05) is 30.3 Å². The Morgan fingerprint density at radius 3 is 2.73 bits per heavy atom. The molecular formula is C25H20N6O2. The third-order valence-electron chi connectivity index (χ3n) is 5.70. The molecule has 0 unspecified atom stereocenters. The quantitative estimate of drug-likeness (QED) is 0.376. The van der Waals surface area contributed by atoms with Gasteiger partial charge in [-0.15, -0.1) is 5.10 Å². The highest BCUT2D eigenvalue weighted by molar-refractivity contribution is 5.86. The lowest BCUT2D eigenvalue weighted by molar-refractivity contribution is 0.447. The standard InChI is InChI=1S/C25H20N6O2/c1-2-15-10-20(22(33)11-21(15)32)23-24(19-9-16-7-8-27-25(16)28-13-19)31(30-29-23)14-18-6-4-3-5-17(18)12-26/h3-11,13,32-33H,2,14H2,1H3,(H,27,28). The van der Waals surface area contributed by atoms with Gasteiger partial charge in [-0.2, -0.15) is 5.26 Å². The Morgan fingerprint density at radius 1 is 1.06 bits per heavy atom. The lowest BCUT2D eigenvalue weighted by Crippen LogP contribution is -2.06. The predicted octanol–water partition coefficient (Wildman–Crippen LogP) is 4.38. The molecular weight excluding hydrogens is 416 g/mol. The minimum atomic E-state index is -0.0916. The maximum Gasteiger partial charge on any atom is 0.137 e. The molecule has 0 spiro atoms. The third kappa shape index (κ3) is 3.55. The monoisotopic (exact) mass is 436 g/mol. The maximum atomic E-state index is 10.7. The largest absolute Gasteiger partial charge is 0.508 e. The number of nitriles is 1. The predicted molar refractivity (Wildman–Crippen MR) is 124 cm³/mol. The summed E-state index contributed by atoms with van der Waals surface area (Å²) in [5.41, 5.74) is 5.16. The van der Waals surface area contributed by atoms with Gasteiger partial charge in [0.15, 0.2) is 0 Å². The highest BCUT2D eigenvalue weighted by Gasteiger charge is 2.22. The van der Waals surface area contributed by atoms with Gasteiger partial charge in [0.1, 0.15) is 22.8 Å². The summed E-state index contributed by atoms with van der Waals surface area (Å²) in [5.74, 6) is -0.0582. The van der Waals surface area contributed by atoms with Crippen molar-refractivity contribution in [2.75, 3.05) is 0 Å². The number of benzene rings is 2. The molecule has 5 aromatic rings. The van der Waals surface area contributed by atoms with Gasteiger partial charge in [0, 0.05) is 35.0 Å². The Morgan fingerprint density at radius 2 is 1.91 bits per heavy atom. The molecule has 3 aromatic heterocycles. The van der Waals surface area contributed by atoms with Crippen molar-refractivity contribution in [2.24, 2.45) is 0 Å². The SMILES string of the molecule is CCc1cc(-c2nnn(Cc3ccccc3C#N)c2-c2cnc3[nH]ccc3c2)c(O)cc1O. The minimum Gasteiger partial charge on any atom is -0.508 e. The molecule has 0 aliphatic heterocycles. The molecule has 3 N–H and O–H groups in total. The van der Waals surface area contributed by atoms with E-state index in [-0.39, 0.29) is 11.5 Å². The number of phenolic OH excluding ortho intramolecular Hbond substituents is 2. The molecule has 0 atom stereocenters. The van der Waals surface area contributed by atoms with Crippen LogP contribution in [0.15, 0.2) is 60.9 Å². The van der Waals surface area contributed by atoms with Gasteiger partial charge in [-0.05, 0) is 41.8 Å². The van der Waals surface area contributed by atoms with Crippen molar-refractivity contribution in [3.05, 3.63) is 77.6 Å². The molecule has 0 radical (unpaired) electrons. The zero-order valence-corrected chi connectivity index (χ0v) is 17.8. The van der Waals surface area contributed by atoms with Crippen LogP contribution >= 0.6 is 0 Å². The van der Waals surface area contributed by atoms with Crippen LogP contribution in [0.3, 0.4) is 0 Å². The first-order valence-electron chi connectivity index (χ1n) is 10.5. The number of fused-ring (bicyclic) bond motifs is 1. The van der Waals surface area contributed by atoms with Crippen LogP contribution in [0.1, 0.15) is 23.6 Å². The van der Waals surface area contributed by atoms with Gasteiger partial charge in [-0.25, -0.2) is 9.67 Å². The van der Waals surface area contributed by atoms with Crippen molar-refractivity contribution in [3.63, 3.8) is 0 Å². The van der Waals surface area contributed by atoms with Crippen LogP contribution in [0.2, 0.25) is 0 Å². The lowest BCUT2D eigenvalue weighted by Gasteiger charge is -2.12. The summed E-state index contributed by atoms with van der Waals surface area (Å²) >= 11 is 0. The molecule has 8 nitrogen and oxygen atoms in total. The highest BCUT2D eigenvalue weighted by atomic mass is 16.3. The number of phenols is 2. The zero-order valence-electron chi connectivity index (χ0n) is 17.8. The number of pyridine rings is 1. The normalized spacial score (nSPS) is 11.0. The van der Waals surface area contributed by atoms with E-state index < -0.39 is 0 Å². The Bertz CT molecular complexity index is 1530. The average molecular weight is 436 g/mol. The van der Waals surface area contributed by atoms with E-state index in [1.807, 2.05) is 43.5 Å². The first kappa shape index (κ1) is 20.3. The number of nitrogens with one attached hydrogen (secondary N) is 1. The van der Waals surface area contributed by atoms with Gasteiger partial charge in [-0.3, -0.25) is 0 Å². The topological polar surface area (TPSA) is 124 Å². The number of rotatable bonds is 5. The lowest BCUT2D eigenvalue weighted by atomic mass is 10.00. The first-order chi connectivity index (χ1) is 16.1. The number of nitrogens with zero attached hydrogens (tertiary/aromatic N) is 5. The van der Waals surface area contributed by atoms with E-state index in [1.54, 1.807) is 23.0 Å². The van der Waals surface area contributed by atoms with Gasteiger partial charge in [0.2, 0.25) is 0 Å². The molecule has 0 aliphatic carbocycles. The van der Waals surface area contributed by atoms with Crippen LogP contribution in [-0.2, 0) is 13.0 Å². The van der Waals surface area contributed by atoms with E-state index in [1.165, 1.54) is 6.07 Å². The van der Waals surface area contributed by atoms with E-state index in [0.717, 1.165) is 22.2 Å². The van der Waals surface area contributed by atoms with Crippen molar-refractivity contribution in [1.29, 1.82) is 5.26 Å². The zero-order chi connectivity index (χ0) is 22.9. The van der Waals surface area contributed by atoms with Crippen molar-refractivity contribution < 1.29 is 10.2 Å². The minimum absolute atomic E-state index is 0.0334. The van der Waals surface area contributed by atoms with Crippen LogP contribution in [0.4, 0.5) is 0 Å². The molecule has 2 aromatic carbocycles. The van der Waals surface area contributed by atoms with Gasteiger partial charge in [0.05, 0.1) is 23.9 Å². The van der Waals surface area contributed by atoms with E-state index in [9.17, 15) is 15.5 Å². The van der Waals surface area contributed by atoms with Crippen LogP contribution < -0.4 is 0 Å². The highest BCUT2D eigenvalue weighted by Crippen LogP contribution is 2.39. The molecule has 0 aliphatic rings. The van der Waals surface area contributed by atoms with Gasteiger partial charge < -0.3 is 15.2 Å². The number of aromatic amines is 1. The van der Waals surface area contributed by atoms with E-state index in [2.05, 4.69) is 26.3 Å². The molecule has 0 amide bonds. The number of hydrogen-bond donors (Lipinski definition) is 3. The smallest absolute Gasteiger partial charge is 0.137 e. The van der Waals surface area contributed by atoms with Crippen LogP contribution in [0.5, 0.6) is 11.5 Å². The Hall–Kier alpha value is -4.64. The van der Waals surface area contributed by atoms with Gasteiger partial charge >= 0.3 is 0 Å². The fourth-order valence-electron chi connectivity index (χ4n) is 3.98. The summed E-state index contributed by atoms with van der Waals surface area (Å²) in [6, 6.07) is 16.5. The molecule has 0 saturated heterocycles. The molecule has 0 saturated carbocycles. The fourth-order valence-corrected chi connectivity index (χ4v) is 3.98. The van der Waals surface area contributed by atoms with E-state index in [0.29, 0.717) is 41.0 Å². The summed E-state index contributed by atoms with van der Waals surface area (Å²) in [4.78, 5) is 7.59. The fraction of sp³-hybridized carbons (Fsp3) is 0.120. The molecule has 162 valence electrons. The molecule has 0 bridgehead atoms. The van der Waals surface area contributed by atoms with Crippen molar-refractivity contribution in [3.8, 4) is 40.1 Å². The third-order valence-corrected chi connectivity index (χ3v) is 5.70. The molecule has 0 fully saturated rings. The first-order valence-corrected chi connectivity index (χ1v) is 10.5. The summed E-state index contributed by atoms with van der Waals surface area (Å²) in [7, 11) is 0. The summed E-state index contributed by atoms with van der Waals surface area (Å²) in [6.07, 6.45) is 4.14. The second-order valence-electron chi connectivity index (χ2n) is 7.70. The number of H-pyrrole nitrogens is 1. The van der Waals surface area contributed by atoms with Crippen LogP contribution in [-0.4, -0.2) is 35.2 Å². The summed E-state index contributed by atoms with van der Waals surface area (Å²) in [6.45, 7) is 2.24. The number of aromatic hydroxyl groups is 2. The second kappa shape index (κ2) is 8.13. The van der Waals surface area contributed by atoms with E-state index >= 15 is 0 Å².